The Labute approximate surface area is 140 Å². The number of hydrogen-bond acceptors (Lipinski definition) is 0. The highest BCUT2D eigenvalue weighted by atomic mass is 79.9. The fraction of sp³-hybridized carbons (Fsp3) is 0.250. The van der Waals surface area contributed by atoms with Gasteiger partial charge in [0, 0.05) is 21.1 Å². The molecule has 0 aromatic heterocycles. The van der Waals surface area contributed by atoms with E-state index in [1.54, 1.807) is 0 Å². The maximum absolute atomic E-state index is 13.0. The van der Waals surface area contributed by atoms with Gasteiger partial charge in [0.15, 0.2) is 0 Å². The monoisotopic (exact) mass is 418 g/mol. The number of rotatable bonds is 5. The fourth-order valence-electron chi connectivity index (χ4n) is 2.25. The van der Waals surface area contributed by atoms with Crippen molar-refractivity contribution in [3.8, 4) is 0 Å². The van der Waals surface area contributed by atoms with Crippen LogP contribution in [0.5, 0.6) is 0 Å². The zero-order chi connectivity index (χ0) is 14.6. The van der Waals surface area contributed by atoms with Crippen molar-refractivity contribution in [2.75, 3.05) is 10.7 Å². The van der Waals surface area contributed by atoms with E-state index in [-0.39, 0.29) is 11.2 Å². The molecule has 2 rings (SSSR count). The van der Waals surface area contributed by atoms with Crippen LogP contribution >= 0.6 is 43.5 Å². The molecule has 2 aromatic rings. The quantitative estimate of drug-likeness (QED) is 0.541. The van der Waals surface area contributed by atoms with E-state index in [0.717, 1.165) is 33.2 Å². The lowest BCUT2D eigenvalue weighted by Gasteiger charge is -2.31. The summed E-state index contributed by atoms with van der Waals surface area (Å²) in [6.07, 6.45) is 0.785. The minimum Gasteiger partial charge on any atom is -0.207 e. The van der Waals surface area contributed by atoms with Gasteiger partial charge in [0.2, 0.25) is 0 Å². The largest absolute Gasteiger partial charge is 0.207 e. The summed E-state index contributed by atoms with van der Waals surface area (Å²) in [5, 5.41) is 2.30. The lowest BCUT2D eigenvalue weighted by atomic mass is 9.79. The molecule has 2 aromatic carbocycles. The summed E-state index contributed by atoms with van der Waals surface area (Å²) in [4.78, 5) is 0. The lowest BCUT2D eigenvalue weighted by Crippen LogP contribution is -2.33. The summed E-state index contributed by atoms with van der Waals surface area (Å²) in [6, 6.07) is 14.5. The standard InChI is InChI=1S/C16H14Br2ClF/c17-10-16(11-18,14-3-1-2-4-15(14)19)9-12-5-7-13(20)8-6-12/h1-8H,9-11H2. The van der Waals surface area contributed by atoms with Crippen LogP contribution in [-0.2, 0) is 11.8 Å². The molecule has 0 nitrogen and oxygen atoms in total. The van der Waals surface area contributed by atoms with Gasteiger partial charge in [0.1, 0.15) is 5.82 Å². The highest BCUT2D eigenvalue weighted by molar-refractivity contribution is 9.09. The van der Waals surface area contributed by atoms with Crippen LogP contribution in [0.1, 0.15) is 11.1 Å². The molecule has 0 spiro atoms. The zero-order valence-corrected chi connectivity index (χ0v) is 14.7. The van der Waals surface area contributed by atoms with Crippen molar-refractivity contribution in [1.82, 2.24) is 0 Å². The smallest absolute Gasteiger partial charge is 0.123 e. The maximum Gasteiger partial charge on any atom is 0.123 e. The Balaban J connectivity index is 2.39. The van der Waals surface area contributed by atoms with E-state index in [4.69, 9.17) is 11.6 Å². The second-order valence-electron chi connectivity index (χ2n) is 4.83. The average Bonchev–Trinajstić information content (AvgIpc) is 2.48. The molecule has 20 heavy (non-hydrogen) atoms. The molecule has 0 N–H and O–H groups in total. The number of halogens is 4. The average molecular weight is 421 g/mol. The van der Waals surface area contributed by atoms with Crippen molar-refractivity contribution in [3.05, 3.63) is 70.5 Å². The molecule has 0 unspecified atom stereocenters. The molecule has 106 valence electrons. The van der Waals surface area contributed by atoms with E-state index in [2.05, 4.69) is 31.9 Å². The van der Waals surface area contributed by atoms with Gasteiger partial charge < -0.3 is 0 Å². The molecule has 0 atom stereocenters. The molecule has 0 amide bonds. The van der Waals surface area contributed by atoms with Crippen LogP contribution in [0.4, 0.5) is 4.39 Å². The molecule has 0 saturated carbocycles. The normalized spacial score (nSPS) is 11.6. The predicted molar refractivity (Wildman–Crippen MR) is 90.8 cm³/mol. The first kappa shape index (κ1) is 16.0. The summed E-state index contributed by atoms with van der Waals surface area (Å²) >= 11 is 13.6. The topological polar surface area (TPSA) is 0 Å². The number of hydrogen-bond donors (Lipinski definition) is 0. The van der Waals surface area contributed by atoms with Crippen molar-refractivity contribution in [1.29, 1.82) is 0 Å². The second kappa shape index (κ2) is 7.06. The highest BCUT2D eigenvalue weighted by Crippen LogP contribution is 2.36. The Hall–Kier alpha value is -0.380. The molecule has 0 bridgehead atoms. The third kappa shape index (κ3) is 3.44. The Morgan fingerprint density at radius 3 is 2.10 bits per heavy atom. The Bertz CT molecular complexity index is 565. The van der Waals surface area contributed by atoms with Crippen LogP contribution in [0, 0.1) is 5.82 Å². The van der Waals surface area contributed by atoms with Gasteiger partial charge in [-0.25, -0.2) is 4.39 Å². The minimum absolute atomic E-state index is 0.157. The van der Waals surface area contributed by atoms with Crippen LogP contribution in [0.15, 0.2) is 48.5 Å². The summed E-state index contributed by atoms with van der Waals surface area (Å²) in [5.74, 6) is -0.213. The first-order valence-corrected chi connectivity index (χ1v) is 8.85. The molecule has 0 aliphatic carbocycles. The van der Waals surface area contributed by atoms with Crippen molar-refractivity contribution >= 4 is 43.5 Å². The van der Waals surface area contributed by atoms with Gasteiger partial charge in [0.25, 0.3) is 0 Å². The van der Waals surface area contributed by atoms with Crippen molar-refractivity contribution in [2.24, 2.45) is 0 Å². The number of alkyl halides is 2. The van der Waals surface area contributed by atoms with Crippen LogP contribution < -0.4 is 0 Å². The Kier molecular flexibility index (Phi) is 5.65. The number of benzene rings is 2. The molecule has 0 fully saturated rings. The fourth-order valence-corrected chi connectivity index (χ4v) is 4.52. The first-order chi connectivity index (χ1) is 9.61. The molecule has 0 aliphatic rings. The van der Waals surface area contributed by atoms with E-state index in [0.29, 0.717) is 0 Å². The summed E-state index contributed by atoms with van der Waals surface area (Å²) in [7, 11) is 0. The molecular formula is C16H14Br2ClF. The molecule has 0 heterocycles. The molecule has 0 saturated heterocycles. The Morgan fingerprint density at radius 1 is 0.950 bits per heavy atom. The molecule has 0 radical (unpaired) electrons. The van der Waals surface area contributed by atoms with Crippen molar-refractivity contribution in [3.63, 3.8) is 0 Å². The SMILES string of the molecule is Fc1ccc(CC(CBr)(CBr)c2ccccc2Cl)cc1. The zero-order valence-electron chi connectivity index (χ0n) is 10.8. The van der Waals surface area contributed by atoms with Gasteiger partial charge >= 0.3 is 0 Å². The summed E-state index contributed by atoms with van der Waals surface area (Å²) < 4.78 is 13.0. The van der Waals surface area contributed by atoms with Crippen LogP contribution in [0.25, 0.3) is 0 Å². The van der Waals surface area contributed by atoms with Gasteiger partial charge in [-0.3, -0.25) is 0 Å². The maximum atomic E-state index is 13.0. The van der Waals surface area contributed by atoms with E-state index in [1.165, 1.54) is 12.1 Å². The van der Waals surface area contributed by atoms with Gasteiger partial charge in [-0.05, 0) is 35.7 Å². The third-order valence-electron chi connectivity index (χ3n) is 3.41. The van der Waals surface area contributed by atoms with Crippen LogP contribution in [0.2, 0.25) is 5.02 Å². The predicted octanol–water partition coefficient (Wildman–Crippen LogP) is 5.75. The highest BCUT2D eigenvalue weighted by Gasteiger charge is 2.32. The minimum atomic E-state index is -0.213. The van der Waals surface area contributed by atoms with Crippen molar-refractivity contribution in [2.45, 2.75) is 11.8 Å². The summed E-state index contributed by atoms with van der Waals surface area (Å²) in [5.41, 5.74) is 2.03. The van der Waals surface area contributed by atoms with Gasteiger partial charge in [0.05, 0.1) is 0 Å². The van der Waals surface area contributed by atoms with Gasteiger partial charge in [-0.15, -0.1) is 0 Å². The van der Waals surface area contributed by atoms with E-state index >= 15 is 0 Å². The van der Waals surface area contributed by atoms with Crippen LogP contribution in [0.3, 0.4) is 0 Å². The van der Waals surface area contributed by atoms with Gasteiger partial charge in [-0.1, -0.05) is 73.8 Å². The van der Waals surface area contributed by atoms with Crippen LogP contribution in [-0.4, -0.2) is 10.7 Å². The summed E-state index contributed by atoms with van der Waals surface area (Å²) in [6.45, 7) is 0. The lowest BCUT2D eigenvalue weighted by molar-refractivity contribution is 0.550. The third-order valence-corrected chi connectivity index (χ3v) is 5.89. The van der Waals surface area contributed by atoms with E-state index < -0.39 is 0 Å². The van der Waals surface area contributed by atoms with Crippen molar-refractivity contribution < 1.29 is 4.39 Å². The molecular weight excluding hydrogens is 406 g/mol. The Morgan fingerprint density at radius 2 is 1.55 bits per heavy atom. The first-order valence-electron chi connectivity index (χ1n) is 6.23. The molecule has 0 aliphatic heterocycles. The van der Waals surface area contributed by atoms with E-state index in [9.17, 15) is 4.39 Å². The van der Waals surface area contributed by atoms with Gasteiger partial charge in [-0.2, -0.15) is 0 Å². The molecule has 4 heteroatoms. The second-order valence-corrected chi connectivity index (χ2v) is 6.36. The van der Waals surface area contributed by atoms with E-state index in [1.807, 2.05) is 36.4 Å².